The Morgan fingerprint density at radius 3 is 2.96 bits per heavy atom. The second-order valence-corrected chi connectivity index (χ2v) is 8.70. The van der Waals surface area contributed by atoms with Crippen LogP contribution in [0.25, 0.3) is 0 Å². The van der Waals surface area contributed by atoms with E-state index in [1.165, 1.54) is 0 Å². The number of aryl methyl sites for hydroxylation is 2. The number of rotatable bonds is 3. The van der Waals surface area contributed by atoms with Crippen LogP contribution >= 0.6 is 0 Å². The van der Waals surface area contributed by atoms with Crippen molar-refractivity contribution in [3.8, 4) is 5.88 Å². The number of likely N-dealkylation sites (tertiary alicyclic amines) is 1. The number of fused-ring (bicyclic) bond motifs is 1. The maximum atomic E-state index is 13.5. The normalized spacial score (nSPS) is 30.8. The minimum atomic E-state index is -0.654. The number of carbonyl (C=O) groups is 2. The minimum absolute atomic E-state index is 0.0868. The molecule has 0 radical (unpaired) electrons. The summed E-state index contributed by atoms with van der Waals surface area (Å²) in [6, 6.07) is 1.79. The Hall–Kier alpha value is -2.15. The van der Waals surface area contributed by atoms with Gasteiger partial charge in [0.05, 0.1) is 32.2 Å². The highest BCUT2D eigenvalue weighted by Gasteiger charge is 2.65. The molecule has 5 rings (SSSR count). The van der Waals surface area contributed by atoms with Crippen LogP contribution in [0.1, 0.15) is 54.7 Å². The highest BCUT2D eigenvalue weighted by atomic mass is 16.5. The molecule has 3 fully saturated rings. The molecule has 0 bridgehead atoms. The number of carbonyl (C=O) groups excluding carboxylic acids is 2. The molecular weight excluding hydrogens is 358 g/mol. The Labute approximate surface area is 165 Å². The first-order chi connectivity index (χ1) is 13.5. The summed E-state index contributed by atoms with van der Waals surface area (Å²) in [5.41, 5.74) is 2.02. The monoisotopic (exact) mass is 385 g/mol. The third kappa shape index (κ3) is 2.28. The topological polar surface area (TPSA) is 72.0 Å². The van der Waals surface area contributed by atoms with E-state index in [4.69, 9.17) is 9.47 Å². The fourth-order valence-corrected chi connectivity index (χ4v) is 5.53. The maximum absolute atomic E-state index is 13.5. The van der Waals surface area contributed by atoms with Gasteiger partial charge in [0, 0.05) is 18.7 Å². The summed E-state index contributed by atoms with van der Waals surface area (Å²) >= 11 is 0. The molecule has 28 heavy (non-hydrogen) atoms. The molecule has 0 aromatic carbocycles. The van der Waals surface area contributed by atoms with Gasteiger partial charge in [-0.15, -0.1) is 0 Å². The maximum Gasteiger partial charge on any atom is 0.259 e. The Kier molecular flexibility index (Phi) is 3.95. The standard InChI is InChI=1S/C21H27N3O4/c1-12(2)16-11-28-21-7-8-23(17(21)10-18(25)24(16)21)20(26)14-9-13-5-4-6-15(13)22-19(14)27-3/h9,12,16-17H,4-8,10-11H2,1-3H3/t16-,17+,21-/m0/s1. The number of hydrogen-bond donors (Lipinski definition) is 0. The van der Waals surface area contributed by atoms with Gasteiger partial charge in [0.15, 0.2) is 5.72 Å². The lowest BCUT2D eigenvalue weighted by atomic mass is 10.0. The van der Waals surface area contributed by atoms with E-state index in [0.717, 1.165) is 30.5 Å². The first kappa shape index (κ1) is 17.9. The first-order valence-corrected chi connectivity index (χ1v) is 10.3. The molecule has 3 saturated heterocycles. The zero-order chi connectivity index (χ0) is 19.6. The van der Waals surface area contributed by atoms with Gasteiger partial charge in [-0.25, -0.2) is 4.98 Å². The lowest BCUT2D eigenvalue weighted by molar-refractivity contribution is -0.139. The van der Waals surface area contributed by atoms with Gasteiger partial charge in [-0.3, -0.25) is 9.59 Å². The van der Waals surface area contributed by atoms with E-state index in [0.29, 0.717) is 43.4 Å². The minimum Gasteiger partial charge on any atom is -0.480 e. The van der Waals surface area contributed by atoms with Crippen LogP contribution in [0.15, 0.2) is 6.07 Å². The number of aromatic nitrogens is 1. The fraction of sp³-hybridized carbons (Fsp3) is 0.667. The van der Waals surface area contributed by atoms with Gasteiger partial charge in [0.2, 0.25) is 11.8 Å². The van der Waals surface area contributed by atoms with Crippen molar-refractivity contribution < 1.29 is 19.1 Å². The number of methoxy groups -OCH3 is 1. The van der Waals surface area contributed by atoms with Crippen molar-refractivity contribution in [3.05, 3.63) is 22.9 Å². The summed E-state index contributed by atoms with van der Waals surface area (Å²) in [5.74, 6) is 0.706. The van der Waals surface area contributed by atoms with Gasteiger partial charge < -0.3 is 19.3 Å². The van der Waals surface area contributed by atoms with Crippen LogP contribution in [0.3, 0.4) is 0 Å². The van der Waals surface area contributed by atoms with E-state index in [-0.39, 0.29) is 23.9 Å². The van der Waals surface area contributed by atoms with Crippen molar-refractivity contribution in [1.82, 2.24) is 14.8 Å². The highest BCUT2D eigenvalue weighted by molar-refractivity contribution is 5.98. The molecule has 0 N–H and O–H groups in total. The Morgan fingerprint density at radius 1 is 1.39 bits per heavy atom. The average Bonchev–Trinajstić information content (AvgIpc) is 3.41. The van der Waals surface area contributed by atoms with Gasteiger partial charge in [0.25, 0.3) is 5.91 Å². The number of amides is 2. The van der Waals surface area contributed by atoms with Gasteiger partial charge in [-0.2, -0.15) is 0 Å². The molecule has 1 aromatic rings. The van der Waals surface area contributed by atoms with Crippen LogP contribution in [-0.2, 0) is 22.4 Å². The third-order valence-electron chi connectivity index (χ3n) is 6.96. The SMILES string of the molecule is COc1nc2c(cc1C(=O)N1CC[C@@]34OC[C@@H](C(C)C)N3C(=O)C[C@@H]14)CCC2. The van der Waals surface area contributed by atoms with Gasteiger partial charge in [-0.1, -0.05) is 13.8 Å². The quantitative estimate of drug-likeness (QED) is 0.793. The van der Waals surface area contributed by atoms with Crippen LogP contribution in [0.4, 0.5) is 0 Å². The molecule has 0 unspecified atom stereocenters. The van der Waals surface area contributed by atoms with Crippen LogP contribution in [0.5, 0.6) is 5.88 Å². The highest BCUT2D eigenvalue weighted by Crippen LogP contribution is 2.49. The van der Waals surface area contributed by atoms with E-state index >= 15 is 0 Å². The van der Waals surface area contributed by atoms with Crippen molar-refractivity contribution >= 4 is 11.8 Å². The Morgan fingerprint density at radius 2 is 2.21 bits per heavy atom. The molecular formula is C21H27N3O4. The predicted molar refractivity (Wildman–Crippen MR) is 101 cm³/mol. The third-order valence-corrected chi connectivity index (χ3v) is 6.96. The van der Waals surface area contributed by atoms with E-state index in [9.17, 15) is 9.59 Å². The summed E-state index contributed by atoms with van der Waals surface area (Å²) in [4.78, 5) is 34.7. The molecule has 150 valence electrons. The second kappa shape index (κ2) is 6.17. The van der Waals surface area contributed by atoms with Crippen molar-refractivity contribution in [2.24, 2.45) is 5.92 Å². The van der Waals surface area contributed by atoms with Crippen molar-refractivity contribution in [2.45, 2.75) is 63.8 Å². The fourth-order valence-electron chi connectivity index (χ4n) is 5.53. The van der Waals surface area contributed by atoms with Gasteiger partial charge in [-0.05, 0) is 36.8 Å². The predicted octanol–water partition coefficient (Wildman–Crippen LogP) is 1.78. The zero-order valence-corrected chi connectivity index (χ0v) is 16.7. The molecule has 3 aliphatic heterocycles. The van der Waals surface area contributed by atoms with Crippen molar-refractivity contribution in [2.75, 3.05) is 20.3 Å². The lowest BCUT2D eigenvalue weighted by Gasteiger charge is -2.34. The van der Waals surface area contributed by atoms with E-state index in [2.05, 4.69) is 18.8 Å². The van der Waals surface area contributed by atoms with E-state index in [1.54, 1.807) is 7.11 Å². The van der Waals surface area contributed by atoms with Crippen LogP contribution in [0.2, 0.25) is 0 Å². The van der Waals surface area contributed by atoms with Crippen LogP contribution in [0, 0.1) is 5.92 Å². The van der Waals surface area contributed by atoms with Crippen molar-refractivity contribution in [1.29, 1.82) is 0 Å². The molecule has 0 saturated carbocycles. The number of nitrogens with zero attached hydrogens (tertiary/aromatic N) is 3. The van der Waals surface area contributed by atoms with Crippen molar-refractivity contribution in [3.63, 3.8) is 0 Å². The largest absolute Gasteiger partial charge is 0.480 e. The van der Waals surface area contributed by atoms with Gasteiger partial charge in [0.1, 0.15) is 5.56 Å². The Bertz CT molecular complexity index is 854. The second-order valence-electron chi connectivity index (χ2n) is 8.70. The molecule has 4 aliphatic rings. The average molecular weight is 385 g/mol. The Balaban J connectivity index is 1.48. The summed E-state index contributed by atoms with van der Waals surface area (Å²) < 4.78 is 11.7. The number of hydrogen-bond acceptors (Lipinski definition) is 5. The molecule has 7 heteroatoms. The zero-order valence-electron chi connectivity index (χ0n) is 16.7. The van der Waals surface area contributed by atoms with E-state index in [1.807, 2.05) is 15.9 Å². The molecule has 4 heterocycles. The molecule has 1 spiro atoms. The summed E-state index contributed by atoms with van der Waals surface area (Å²) in [6.07, 6.45) is 3.94. The molecule has 7 nitrogen and oxygen atoms in total. The molecule has 3 atom stereocenters. The summed E-state index contributed by atoms with van der Waals surface area (Å²) in [5, 5.41) is 0. The summed E-state index contributed by atoms with van der Waals surface area (Å²) in [6.45, 7) is 5.36. The molecule has 1 aliphatic carbocycles. The first-order valence-electron chi connectivity index (χ1n) is 10.3. The van der Waals surface area contributed by atoms with E-state index < -0.39 is 5.72 Å². The molecule has 1 aromatic heterocycles. The summed E-state index contributed by atoms with van der Waals surface area (Å²) in [7, 11) is 1.56. The van der Waals surface area contributed by atoms with Gasteiger partial charge >= 0.3 is 0 Å². The smallest absolute Gasteiger partial charge is 0.259 e. The lowest BCUT2D eigenvalue weighted by Crippen LogP contribution is -2.51. The van der Waals surface area contributed by atoms with Crippen LogP contribution < -0.4 is 4.74 Å². The van der Waals surface area contributed by atoms with Crippen LogP contribution in [-0.4, -0.2) is 64.7 Å². The number of ether oxygens (including phenoxy) is 2. The molecule has 2 amide bonds. The number of pyridine rings is 1.